The van der Waals surface area contributed by atoms with Crippen LogP contribution in [0.25, 0.3) is 22.2 Å². The van der Waals surface area contributed by atoms with Crippen molar-refractivity contribution >= 4 is 22.5 Å². The fraction of sp³-hybridized carbons (Fsp3) is 0.120. The molecule has 0 aliphatic carbocycles. The number of amides is 1. The smallest absolute Gasteiger partial charge is 0.224 e. The zero-order valence-corrected chi connectivity index (χ0v) is 16.3. The summed E-state index contributed by atoms with van der Waals surface area (Å²) in [5, 5.41) is 4.10. The van der Waals surface area contributed by atoms with E-state index in [2.05, 4.69) is 11.4 Å². The number of carbonyl (C=O) groups excluding carboxylic acids is 1. The molecule has 0 aliphatic heterocycles. The van der Waals surface area contributed by atoms with Gasteiger partial charge in [0.2, 0.25) is 5.91 Å². The van der Waals surface area contributed by atoms with Crippen LogP contribution in [0.5, 0.6) is 5.75 Å². The van der Waals surface area contributed by atoms with Gasteiger partial charge >= 0.3 is 0 Å². The highest BCUT2D eigenvalue weighted by Crippen LogP contribution is 2.24. The highest BCUT2D eigenvalue weighted by molar-refractivity contribution is 5.91. The van der Waals surface area contributed by atoms with Gasteiger partial charge in [0.15, 0.2) is 0 Å². The molecular formula is C25H22N2O2. The Bertz CT molecular complexity index is 1140. The molecule has 3 aromatic carbocycles. The highest BCUT2D eigenvalue weighted by Gasteiger charge is 2.06. The molecule has 0 atom stereocenters. The van der Waals surface area contributed by atoms with Gasteiger partial charge in [-0.25, -0.2) is 4.98 Å². The monoisotopic (exact) mass is 382 g/mol. The summed E-state index contributed by atoms with van der Waals surface area (Å²) in [5.74, 6) is 0.807. The number of ether oxygens (including phenoxy) is 1. The predicted octanol–water partition coefficient (Wildman–Crippen LogP) is 5.48. The number of fused-ring (bicyclic) bond motifs is 1. The average Bonchev–Trinajstić information content (AvgIpc) is 2.78. The highest BCUT2D eigenvalue weighted by atomic mass is 16.5. The number of anilines is 1. The van der Waals surface area contributed by atoms with Gasteiger partial charge in [-0.3, -0.25) is 4.79 Å². The van der Waals surface area contributed by atoms with Crippen LogP contribution >= 0.6 is 0 Å². The summed E-state index contributed by atoms with van der Waals surface area (Å²) in [6.45, 7) is 0. The van der Waals surface area contributed by atoms with Gasteiger partial charge in [0, 0.05) is 23.1 Å². The first-order chi connectivity index (χ1) is 14.2. The molecule has 0 radical (unpaired) electrons. The number of rotatable bonds is 6. The van der Waals surface area contributed by atoms with Crippen molar-refractivity contribution in [3.05, 3.63) is 90.5 Å². The number of carbonyl (C=O) groups is 1. The second-order valence-electron chi connectivity index (χ2n) is 6.87. The van der Waals surface area contributed by atoms with E-state index in [0.29, 0.717) is 12.8 Å². The lowest BCUT2D eigenvalue weighted by Gasteiger charge is -2.08. The lowest BCUT2D eigenvalue weighted by atomic mass is 10.1. The third kappa shape index (κ3) is 4.61. The molecule has 0 saturated carbocycles. The minimum atomic E-state index is -0.00978. The second-order valence-corrected chi connectivity index (χ2v) is 6.87. The van der Waals surface area contributed by atoms with Crippen molar-refractivity contribution in [2.75, 3.05) is 12.4 Å². The molecule has 1 N–H and O–H groups in total. The Balaban J connectivity index is 1.43. The quantitative estimate of drug-likeness (QED) is 0.480. The molecule has 1 amide bonds. The van der Waals surface area contributed by atoms with Crippen LogP contribution in [0.1, 0.15) is 12.0 Å². The van der Waals surface area contributed by atoms with Crippen molar-refractivity contribution in [3.8, 4) is 17.0 Å². The first kappa shape index (κ1) is 18.7. The topological polar surface area (TPSA) is 51.2 Å². The number of hydrogen-bond acceptors (Lipinski definition) is 3. The predicted molar refractivity (Wildman–Crippen MR) is 117 cm³/mol. The molecule has 29 heavy (non-hydrogen) atoms. The van der Waals surface area contributed by atoms with Crippen LogP contribution in [0, 0.1) is 0 Å². The Hall–Kier alpha value is -3.66. The van der Waals surface area contributed by atoms with Gasteiger partial charge in [-0.1, -0.05) is 48.5 Å². The van der Waals surface area contributed by atoms with Crippen LogP contribution in [0.4, 0.5) is 5.69 Å². The molecule has 0 saturated heterocycles. The number of aromatic nitrogens is 1. The van der Waals surface area contributed by atoms with Crippen LogP contribution in [0.15, 0.2) is 84.9 Å². The molecule has 144 valence electrons. The van der Waals surface area contributed by atoms with E-state index in [9.17, 15) is 4.79 Å². The Morgan fingerprint density at radius 1 is 0.931 bits per heavy atom. The summed E-state index contributed by atoms with van der Waals surface area (Å²) in [4.78, 5) is 17.1. The van der Waals surface area contributed by atoms with E-state index in [1.54, 1.807) is 7.11 Å². The van der Waals surface area contributed by atoms with Gasteiger partial charge in [-0.2, -0.15) is 0 Å². The third-order valence-electron chi connectivity index (χ3n) is 4.84. The van der Waals surface area contributed by atoms with E-state index in [-0.39, 0.29) is 5.91 Å². The Morgan fingerprint density at radius 3 is 2.59 bits per heavy atom. The molecule has 4 rings (SSSR count). The lowest BCUT2D eigenvalue weighted by Crippen LogP contribution is -2.12. The van der Waals surface area contributed by atoms with Gasteiger partial charge in [0.1, 0.15) is 5.75 Å². The summed E-state index contributed by atoms with van der Waals surface area (Å²) in [5.41, 5.74) is 4.70. The van der Waals surface area contributed by atoms with Crippen LogP contribution in [0.3, 0.4) is 0 Å². The van der Waals surface area contributed by atoms with E-state index < -0.39 is 0 Å². The van der Waals surface area contributed by atoms with E-state index in [1.165, 1.54) is 0 Å². The summed E-state index contributed by atoms with van der Waals surface area (Å²) in [7, 11) is 1.64. The van der Waals surface area contributed by atoms with Crippen molar-refractivity contribution in [3.63, 3.8) is 0 Å². The minimum Gasteiger partial charge on any atom is -0.497 e. The van der Waals surface area contributed by atoms with Crippen LogP contribution in [0.2, 0.25) is 0 Å². The zero-order valence-electron chi connectivity index (χ0n) is 16.3. The first-order valence-electron chi connectivity index (χ1n) is 9.60. The SMILES string of the molecule is COc1ccc(CCC(=O)Nc2cccc(-c3ccc4ccccc4n3)c2)cc1. The summed E-state index contributed by atoms with van der Waals surface area (Å²) in [6, 6.07) is 27.7. The molecule has 4 heteroatoms. The van der Waals surface area contributed by atoms with Crippen LogP contribution in [-0.4, -0.2) is 18.0 Å². The van der Waals surface area contributed by atoms with Crippen LogP contribution in [-0.2, 0) is 11.2 Å². The molecule has 1 heterocycles. The Morgan fingerprint density at radius 2 is 1.76 bits per heavy atom. The molecular weight excluding hydrogens is 360 g/mol. The number of hydrogen-bond donors (Lipinski definition) is 1. The maximum Gasteiger partial charge on any atom is 0.224 e. The van der Waals surface area contributed by atoms with Crippen molar-refractivity contribution in [1.29, 1.82) is 0 Å². The number of nitrogens with one attached hydrogen (secondary N) is 1. The fourth-order valence-corrected chi connectivity index (χ4v) is 3.26. The largest absolute Gasteiger partial charge is 0.497 e. The minimum absolute atomic E-state index is 0.00978. The molecule has 1 aromatic heterocycles. The summed E-state index contributed by atoms with van der Waals surface area (Å²) >= 11 is 0. The van der Waals surface area contributed by atoms with Gasteiger partial charge in [0.25, 0.3) is 0 Å². The van der Waals surface area contributed by atoms with Gasteiger partial charge in [-0.05, 0) is 48.4 Å². The molecule has 4 nitrogen and oxygen atoms in total. The fourth-order valence-electron chi connectivity index (χ4n) is 3.26. The standard InChI is InChI=1S/C25H22N2O2/c1-29-22-13-9-18(10-14-22)11-16-25(28)26-21-7-4-6-20(17-21)24-15-12-19-5-2-3-8-23(19)27-24/h2-10,12-15,17H,11,16H2,1H3,(H,26,28). The number of nitrogens with zero attached hydrogens (tertiary/aromatic N) is 1. The Labute approximate surface area is 170 Å². The van der Waals surface area contributed by atoms with Crippen molar-refractivity contribution < 1.29 is 9.53 Å². The van der Waals surface area contributed by atoms with Gasteiger partial charge in [0.05, 0.1) is 18.3 Å². The van der Waals surface area contributed by atoms with Gasteiger partial charge < -0.3 is 10.1 Å². The van der Waals surface area contributed by atoms with E-state index >= 15 is 0 Å². The van der Waals surface area contributed by atoms with E-state index in [1.807, 2.05) is 78.9 Å². The molecule has 0 bridgehead atoms. The summed E-state index contributed by atoms with van der Waals surface area (Å²) in [6.07, 6.45) is 1.10. The number of para-hydroxylation sites is 1. The van der Waals surface area contributed by atoms with Crippen molar-refractivity contribution in [2.45, 2.75) is 12.8 Å². The molecule has 0 spiro atoms. The van der Waals surface area contributed by atoms with E-state index in [4.69, 9.17) is 9.72 Å². The number of benzene rings is 3. The van der Waals surface area contributed by atoms with Gasteiger partial charge in [-0.15, -0.1) is 0 Å². The normalized spacial score (nSPS) is 10.7. The van der Waals surface area contributed by atoms with Crippen LogP contribution < -0.4 is 10.1 Å². The average molecular weight is 382 g/mol. The maximum absolute atomic E-state index is 12.4. The number of methoxy groups -OCH3 is 1. The van der Waals surface area contributed by atoms with Crippen molar-refractivity contribution in [2.24, 2.45) is 0 Å². The third-order valence-corrected chi connectivity index (χ3v) is 4.84. The molecule has 0 unspecified atom stereocenters. The molecule has 4 aromatic rings. The first-order valence-corrected chi connectivity index (χ1v) is 9.60. The molecule has 0 fully saturated rings. The maximum atomic E-state index is 12.4. The molecule has 0 aliphatic rings. The number of pyridine rings is 1. The summed E-state index contributed by atoms with van der Waals surface area (Å²) < 4.78 is 5.16. The zero-order chi connectivity index (χ0) is 20.1. The number of aryl methyl sites for hydroxylation is 1. The lowest BCUT2D eigenvalue weighted by molar-refractivity contribution is -0.116. The van der Waals surface area contributed by atoms with Crippen molar-refractivity contribution in [1.82, 2.24) is 4.98 Å². The van der Waals surface area contributed by atoms with E-state index in [0.717, 1.165) is 39.2 Å². The second kappa shape index (κ2) is 8.57. The Kier molecular flexibility index (Phi) is 5.52.